The maximum atomic E-state index is 13.5. The van der Waals surface area contributed by atoms with Crippen LogP contribution in [0, 0.1) is 0 Å². The molecule has 1 saturated carbocycles. The zero-order valence-corrected chi connectivity index (χ0v) is 21.2. The number of carboxylic acids is 1. The van der Waals surface area contributed by atoms with Gasteiger partial charge in [-0.25, -0.2) is 8.78 Å². The number of aliphatic carboxylic acids is 1. The number of rotatable bonds is 7. The predicted octanol–water partition coefficient (Wildman–Crippen LogP) is 5.63. The molecule has 7 nitrogen and oxygen atoms in total. The number of benzene rings is 1. The molecule has 0 radical (unpaired) electrons. The van der Waals surface area contributed by atoms with Gasteiger partial charge in [-0.15, -0.1) is 0 Å². The third-order valence-corrected chi connectivity index (χ3v) is 6.69. The van der Waals surface area contributed by atoms with Crippen molar-refractivity contribution in [2.24, 2.45) is 0 Å². The molecule has 2 aliphatic rings. The van der Waals surface area contributed by atoms with E-state index < -0.39 is 29.5 Å². The molecule has 1 saturated heterocycles. The number of aromatic nitrogens is 2. The van der Waals surface area contributed by atoms with Gasteiger partial charge in [-0.1, -0.05) is 38.0 Å². The quantitative estimate of drug-likeness (QED) is 0.442. The van der Waals surface area contributed by atoms with Gasteiger partial charge in [-0.2, -0.15) is 18.3 Å². The van der Waals surface area contributed by atoms with Crippen molar-refractivity contribution in [3.05, 3.63) is 41.6 Å². The molecule has 2 heterocycles. The maximum absolute atomic E-state index is 13.5. The second kappa shape index (κ2) is 12.7. The first kappa shape index (κ1) is 29.5. The lowest BCUT2D eigenvalue weighted by atomic mass is 10.0. The van der Waals surface area contributed by atoms with Crippen LogP contribution in [0.1, 0.15) is 74.0 Å². The average molecular weight is 545 g/mol. The summed E-state index contributed by atoms with van der Waals surface area (Å²) in [4.78, 5) is 24.7. The number of hydrogen-bond donors (Lipinski definition) is 2. The van der Waals surface area contributed by atoms with Gasteiger partial charge < -0.3 is 10.4 Å². The number of alkyl halides is 5. The van der Waals surface area contributed by atoms with Crippen molar-refractivity contribution in [2.75, 3.05) is 26.2 Å². The van der Waals surface area contributed by atoms with Crippen LogP contribution >= 0.6 is 0 Å². The third kappa shape index (κ3) is 7.99. The minimum atomic E-state index is -4.54. The molecule has 1 aromatic heterocycles. The van der Waals surface area contributed by atoms with Gasteiger partial charge in [0, 0.05) is 18.5 Å². The SMILES string of the molecule is CCN1CCCC(F)(F)C1.O=C(O)CCNC(=O)c1cc(-c2ccccc2C(F)(F)F)n(C2CCCC2)n1. The van der Waals surface area contributed by atoms with Gasteiger partial charge in [0.1, 0.15) is 0 Å². The largest absolute Gasteiger partial charge is 0.481 e. The summed E-state index contributed by atoms with van der Waals surface area (Å²) in [6, 6.07) is 6.49. The molecule has 1 aliphatic heterocycles. The average Bonchev–Trinajstić information content (AvgIpc) is 3.53. The molecule has 0 unspecified atom stereocenters. The Labute approximate surface area is 218 Å². The zero-order valence-electron chi connectivity index (χ0n) is 21.2. The van der Waals surface area contributed by atoms with Gasteiger partial charge in [0.2, 0.25) is 0 Å². The highest BCUT2D eigenvalue weighted by molar-refractivity contribution is 5.93. The molecule has 4 rings (SSSR count). The van der Waals surface area contributed by atoms with Crippen LogP contribution in [0.3, 0.4) is 0 Å². The molecule has 0 bridgehead atoms. The Bertz CT molecular complexity index is 1100. The number of carbonyl (C=O) groups is 2. The van der Waals surface area contributed by atoms with E-state index >= 15 is 0 Å². The van der Waals surface area contributed by atoms with Crippen LogP contribution in [0.5, 0.6) is 0 Å². The normalized spacial score (nSPS) is 18.1. The van der Waals surface area contributed by atoms with Crippen molar-refractivity contribution in [2.45, 2.75) is 70.0 Å². The van der Waals surface area contributed by atoms with Gasteiger partial charge in [0.05, 0.1) is 30.3 Å². The number of nitrogens with one attached hydrogen (secondary N) is 1. The lowest BCUT2D eigenvalue weighted by Gasteiger charge is -2.31. The van der Waals surface area contributed by atoms with E-state index in [0.717, 1.165) is 44.8 Å². The number of halogens is 5. The van der Waals surface area contributed by atoms with Crippen LogP contribution in [0.25, 0.3) is 11.3 Å². The molecular formula is C26H33F5N4O3. The first-order chi connectivity index (χ1) is 17.9. The first-order valence-corrected chi connectivity index (χ1v) is 12.8. The highest BCUT2D eigenvalue weighted by Gasteiger charge is 2.36. The van der Waals surface area contributed by atoms with Crippen LogP contribution in [0.15, 0.2) is 30.3 Å². The number of piperidine rings is 1. The van der Waals surface area contributed by atoms with Crippen LogP contribution in [-0.4, -0.2) is 63.8 Å². The molecule has 2 fully saturated rings. The Hall–Kier alpha value is -3.02. The number of hydrogen-bond acceptors (Lipinski definition) is 4. The molecule has 210 valence electrons. The van der Waals surface area contributed by atoms with E-state index in [1.54, 1.807) is 4.90 Å². The Morgan fingerprint density at radius 2 is 1.84 bits per heavy atom. The fraction of sp³-hybridized carbons (Fsp3) is 0.577. The summed E-state index contributed by atoms with van der Waals surface area (Å²) >= 11 is 0. The number of nitrogens with zero attached hydrogens (tertiary/aromatic N) is 3. The Morgan fingerprint density at radius 1 is 1.16 bits per heavy atom. The Morgan fingerprint density at radius 3 is 2.42 bits per heavy atom. The summed E-state index contributed by atoms with van der Waals surface area (Å²) < 4.78 is 67.2. The van der Waals surface area contributed by atoms with Gasteiger partial charge in [-0.3, -0.25) is 19.2 Å². The molecule has 0 spiro atoms. The number of carbonyl (C=O) groups excluding carboxylic acids is 1. The molecule has 2 aromatic rings. The van der Waals surface area contributed by atoms with Gasteiger partial charge in [0.25, 0.3) is 11.8 Å². The Kier molecular flexibility index (Phi) is 9.86. The molecular weight excluding hydrogens is 511 g/mol. The van der Waals surface area contributed by atoms with E-state index in [9.17, 15) is 31.5 Å². The van der Waals surface area contributed by atoms with Crippen molar-refractivity contribution in [3.8, 4) is 11.3 Å². The molecule has 1 aliphatic carbocycles. The minimum Gasteiger partial charge on any atom is -0.481 e. The molecule has 38 heavy (non-hydrogen) atoms. The minimum absolute atomic E-state index is 0.0238. The molecule has 2 N–H and O–H groups in total. The van der Waals surface area contributed by atoms with E-state index in [2.05, 4.69) is 10.4 Å². The highest BCUT2D eigenvalue weighted by Crippen LogP contribution is 2.40. The van der Waals surface area contributed by atoms with Crippen molar-refractivity contribution in [3.63, 3.8) is 0 Å². The lowest BCUT2D eigenvalue weighted by Crippen LogP contribution is -2.42. The van der Waals surface area contributed by atoms with Crippen molar-refractivity contribution in [1.82, 2.24) is 20.0 Å². The van der Waals surface area contributed by atoms with Crippen LogP contribution in [-0.2, 0) is 11.0 Å². The summed E-state index contributed by atoms with van der Waals surface area (Å²) in [6.07, 6.45) is -0.615. The number of amides is 1. The lowest BCUT2D eigenvalue weighted by molar-refractivity contribution is -0.137. The van der Waals surface area contributed by atoms with E-state index in [0.29, 0.717) is 6.42 Å². The van der Waals surface area contributed by atoms with Crippen LogP contribution in [0.2, 0.25) is 0 Å². The highest BCUT2D eigenvalue weighted by atomic mass is 19.4. The molecule has 1 amide bonds. The maximum Gasteiger partial charge on any atom is 0.417 e. The monoisotopic (exact) mass is 544 g/mol. The topological polar surface area (TPSA) is 87.5 Å². The first-order valence-electron chi connectivity index (χ1n) is 12.8. The smallest absolute Gasteiger partial charge is 0.417 e. The standard InChI is InChI=1S/C19H20F3N3O3.C7H13F2N/c20-19(21,22)14-8-4-3-7-13(14)16-11-15(18(28)23-10-9-17(26)27)24-25(16)12-5-1-2-6-12;1-2-10-5-3-4-7(8,9)6-10/h3-4,7-8,11-12H,1-2,5-6,9-10H2,(H,23,28)(H,26,27);2-6H2,1H3. The fourth-order valence-electron chi connectivity index (χ4n) is 4.78. The summed E-state index contributed by atoms with van der Waals surface area (Å²) in [5, 5.41) is 15.4. The summed E-state index contributed by atoms with van der Waals surface area (Å²) in [6.45, 7) is 3.38. The second-order valence-corrected chi connectivity index (χ2v) is 9.57. The Balaban J connectivity index is 0.000000336. The molecule has 12 heteroatoms. The zero-order chi connectivity index (χ0) is 27.9. The van der Waals surface area contributed by atoms with E-state index in [4.69, 9.17) is 5.11 Å². The summed E-state index contributed by atoms with van der Waals surface area (Å²) in [5.41, 5.74) is -0.599. The van der Waals surface area contributed by atoms with Crippen LogP contribution in [0.4, 0.5) is 22.0 Å². The van der Waals surface area contributed by atoms with Crippen LogP contribution < -0.4 is 5.32 Å². The van der Waals surface area contributed by atoms with Crippen molar-refractivity contribution < 1.29 is 36.6 Å². The van der Waals surface area contributed by atoms with Crippen molar-refractivity contribution in [1.29, 1.82) is 0 Å². The van der Waals surface area contributed by atoms with Gasteiger partial charge in [0.15, 0.2) is 5.69 Å². The number of carboxylic acid groups (broad SMARTS) is 1. The predicted molar refractivity (Wildman–Crippen MR) is 131 cm³/mol. The summed E-state index contributed by atoms with van der Waals surface area (Å²) in [5.74, 6) is -4.09. The van der Waals surface area contributed by atoms with Gasteiger partial charge >= 0.3 is 12.1 Å². The summed E-state index contributed by atoms with van der Waals surface area (Å²) in [7, 11) is 0. The molecule has 0 atom stereocenters. The van der Waals surface area contributed by atoms with E-state index in [1.807, 2.05) is 6.92 Å². The van der Waals surface area contributed by atoms with Crippen molar-refractivity contribution >= 4 is 11.9 Å². The number of likely N-dealkylation sites (tertiary alicyclic amines) is 1. The van der Waals surface area contributed by atoms with E-state index in [1.165, 1.54) is 28.9 Å². The van der Waals surface area contributed by atoms with Gasteiger partial charge in [-0.05, 0) is 44.5 Å². The molecule has 1 aromatic carbocycles. The van der Waals surface area contributed by atoms with E-state index in [-0.39, 0.29) is 48.9 Å². The fourth-order valence-corrected chi connectivity index (χ4v) is 4.78. The second-order valence-electron chi connectivity index (χ2n) is 9.57. The third-order valence-electron chi connectivity index (χ3n) is 6.69.